The molecular weight excluding hydrogens is 236 g/mol. The maximum atomic E-state index is 9.33. The summed E-state index contributed by atoms with van der Waals surface area (Å²) in [7, 11) is 0. The highest BCUT2D eigenvalue weighted by Gasteiger charge is 2.12. The predicted molar refractivity (Wildman–Crippen MR) is 80.2 cm³/mol. The molecular formula is C16H24N2O. The summed E-state index contributed by atoms with van der Waals surface area (Å²) in [5.74, 6) is 0.826. The number of aryl methyl sites for hydroxylation is 1. The van der Waals surface area contributed by atoms with E-state index in [1.54, 1.807) is 0 Å². The molecule has 2 aromatic rings. The fourth-order valence-corrected chi connectivity index (χ4v) is 2.46. The molecule has 1 heterocycles. The molecule has 0 radical (unpaired) electrons. The van der Waals surface area contributed by atoms with E-state index in [9.17, 15) is 5.11 Å². The van der Waals surface area contributed by atoms with Gasteiger partial charge in [0.15, 0.2) is 0 Å². The highest BCUT2D eigenvalue weighted by Crippen LogP contribution is 2.21. The van der Waals surface area contributed by atoms with Crippen LogP contribution < -0.4 is 5.32 Å². The molecule has 0 aliphatic carbocycles. The summed E-state index contributed by atoms with van der Waals surface area (Å²) in [6.45, 7) is 8.37. The van der Waals surface area contributed by atoms with Crippen molar-refractivity contribution in [3.05, 3.63) is 35.5 Å². The Morgan fingerprint density at radius 3 is 2.68 bits per heavy atom. The van der Waals surface area contributed by atoms with E-state index in [4.69, 9.17) is 0 Å². The van der Waals surface area contributed by atoms with Gasteiger partial charge in [-0.3, -0.25) is 0 Å². The van der Waals surface area contributed by atoms with E-state index in [-0.39, 0.29) is 6.61 Å². The highest BCUT2D eigenvalue weighted by molar-refractivity contribution is 5.84. The topological polar surface area (TPSA) is 48.0 Å². The zero-order valence-corrected chi connectivity index (χ0v) is 12.0. The van der Waals surface area contributed by atoms with E-state index >= 15 is 0 Å². The Morgan fingerprint density at radius 2 is 2.00 bits per heavy atom. The number of nitrogens with one attached hydrogen (secondary N) is 2. The molecule has 0 amide bonds. The second kappa shape index (κ2) is 6.22. The van der Waals surface area contributed by atoms with Crippen molar-refractivity contribution >= 4 is 10.9 Å². The summed E-state index contributed by atoms with van der Waals surface area (Å²) < 4.78 is 0. The van der Waals surface area contributed by atoms with Crippen molar-refractivity contribution in [2.75, 3.05) is 13.2 Å². The van der Waals surface area contributed by atoms with E-state index in [0.717, 1.165) is 13.1 Å². The molecule has 1 atom stereocenters. The van der Waals surface area contributed by atoms with Crippen molar-refractivity contribution in [3.8, 4) is 0 Å². The molecule has 19 heavy (non-hydrogen) atoms. The first-order valence-corrected chi connectivity index (χ1v) is 7.01. The molecule has 3 N–H and O–H groups in total. The first-order valence-electron chi connectivity index (χ1n) is 7.01. The van der Waals surface area contributed by atoms with Crippen molar-refractivity contribution in [1.29, 1.82) is 0 Å². The summed E-state index contributed by atoms with van der Waals surface area (Å²) in [6, 6.07) is 8.39. The lowest BCUT2D eigenvalue weighted by Gasteiger charge is -2.18. The minimum atomic E-state index is 0.248. The number of hydrogen-bond acceptors (Lipinski definition) is 2. The zero-order valence-electron chi connectivity index (χ0n) is 12.0. The predicted octanol–water partition coefficient (Wildman–Crippen LogP) is 2.83. The number of aromatic amines is 1. The maximum Gasteiger partial charge on any atom is 0.0473 e. The van der Waals surface area contributed by atoms with Gasteiger partial charge in [-0.05, 0) is 30.4 Å². The fraction of sp³-hybridized carbons (Fsp3) is 0.500. The Kier molecular flexibility index (Phi) is 4.61. The number of benzene rings is 1. The van der Waals surface area contributed by atoms with Crippen molar-refractivity contribution in [2.24, 2.45) is 11.8 Å². The lowest BCUT2D eigenvalue weighted by atomic mass is 9.97. The number of para-hydroxylation sites is 1. The number of aromatic nitrogens is 1. The van der Waals surface area contributed by atoms with Gasteiger partial charge in [-0.25, -0.2) is 0 Å². The van der Waals surface area contributed by atoms with E-state index < -0.39 is 0 Å². The molecule has 3 nitrogen and oxygen atoms in total. The van der Waals surface area contributed by atoms with Gasteiger partial charge in [0.25, 0.3) is 0 Å². The van der Waals surface area contributed by atoms with Gasteiger partial charge >= 0.3 is 0 Å². The van der Waals surface area contributed by atoms with E-state index in [0.29, 0.717) is 11.8 Å². The third-order valence-corrected chi connectivity index (χ3v) is 3.91. The van der Waals surface area contributed by atoms with Crippen LogP contribution in [0, 0.1) is 18.8 Å². The number of aliphatic hydroxyl groups is 1. The van der Waals surface area contributed by atoms with Crippen LogP contribution in [0.3, 0.4) is 0 Å². The van der Waals surface area contributed by atoms with Gasteiger partial charge < -0.3 is 15.4 Å². The van der Waals surface area contributed by atoms with Crippen molar-refractivity contribution in [1.82, 2.24) is 10.3 Å². The lowest BCUT2D eigenvalue weighted by Crippen LogP contribution is -2.28. The average Bonchev–Trinajstić information content (AvgIpc) is 2.70. The first kappa shape index (κ1) is 14.1. The van der Waals surface area contributed by atoms with Gasteiger partial charge in [0.05, 0.1) is 0 Å². The molecule has 3 heteroatoms. The average molecular weight is 260 g/mol. The van der Waals surface area contributed by atoms with Crippen LogP contribution in [0.1, 0.15) is 25.1 Å². The highest BCUT2D eigenvalue weighted by atomic mass is 16.3. The molecule has 2 rings (SSSR count). The van der Waals surface area contributed by atoms with Gasteiger partial charge in [0.1, 0.15) is 0 Å². The number of aliphatic hydroxyl groups excluding tert-OH is 1. The van der Waals surface area contributed by atoms with Crippen LogP contribution in [-0.2, 0) is 6.54 Å². The normalized spacial score (nSPS) is 13.3. The largest absolute Gasteiger partial charge is 0.396 e. The molecule has 0 saturated carbocycles. The number of fused-ring (bicyclic) bond motifs is 1. The zero-order chi connectivity index (χ0) is 13.8. The van der Waals surface area contributed by atoms with Crippen LogP contribution in [-0.4, -0.2) is 23.2 Å². The number of hydrogen-bond donors (Lipinski definition) is 3. The molecule has 0 aliphatic rings. The van der Waals surface area contributed by atoms with Gasteiger partial charge in [-0.1, -0.05) is 32.0 Å². The van der Waals surface area contributed by atoms with Crippen molar-refractivity contribution in [3.63, 3.8) is 0 Å². The fourth-order valence-electron chi connectivity index (χ4n) is 2.46. The van der Waals surface area contributed by atoms with Crippen LogP contribution in [0.5, 0.6) is 0 Å². The monoisotopic (exact) mass is 260 g/mol. The Labute approximate surface area is 115 Å². The quantitative estimate of drug-likeness (QED) is 0.748. The molecule has 1 unspecified atom stereocenters. The first-order chi connectivity index (χ1) is 9.13. The summed E-state index contributed by atoms with van der Waals surface area (Å²) in [4.78, 5) is 3.41. The van der Waals surface area contributed by atoms with Crippen LogP contribution in [0.2, 0.25) is 0 Å². The van der Waals surface area contributed by atoms with Gasteiger partial charge in [-0.15, -0.1) is 0 Å². The third-order valence-electron chi connectivity index (χ3n) is 3.91. The second-order valence-corrected chi connectivity index (χ2v) is 5.59. The Bertz CT molecular complexity index is 531. The lowest BCUT2D eigenvalue weighted by molar-refractivity contribution is 0.186. The van der Waals surface area contributed by atoms with Crippen LogP contribution in [0.4, 0.5) is 0 Å². The molecule has 0 aliphatic heterocycles. The van der Waals surface area contributed by atoms with Crippen molar-refractivity contribution < 1.29 is 5.11 Å². The van der Waals surface area contributed by atoms with E-state index in [1.165, 1.54) is 22.2 Å². The molecule has 104 valence electrons. The number of rotatable bonds is 6. The van der Waals surface area contributed by atoms with Crippen molar-refractivity contribution in [2.45, 2.75) is 27.3 Å². The smallest absolute Gasteiger partial charge is 0.0473 e. The van der Waals surface area contributed by atoms with Gasteiger partial charge in [-0.2, -0.15) is 0 Å². The molecule has 1 aromatic carbocycles. The Morgan fingerprint density at radius 1 is 1.26 bits per heavy atom. The van der Waals surface area contributed by atoms with Crippen LogP contribution >= 0.6 is 0 Å². The van der Waals surface area contributed by atoms with Crippen LogP contribution in [0.25, 0.3) is 10.9 Å². The minimum Gasteiger partial charge on any atom is -0.396 e. The van der Waals surface area contributed by atoms with E-state index in [2.05, 4.69) is 55.3 Å². The molecule has 0 fully saturated rings. The number of H-pyrrole nitrogens is 1. The summed E-state index contributed by atoms with van der Waals surface area (Å²) >= 11 is 0. The summed E-state index contributed by atoms with van der Waals surface area (Å²) in [5.41, 5.74) is 3.74. The molecule has 1 aromatic heterocycles. The van der Waals surface area contributed by atoms with Gasteiger partial charge in [0.2, 0.25) is 0 Å². The Hall–Kier alpha value is -1.32. The second-order valence-electron chi connectivity index (χ2n) is 5.59. The van der Waals surface area contributed by atoms with E-state index in [1.807, 2.05) is 0 Å². The Balaban J connectivity index is 2.04. The maximum absolute atomic E-state index is 9.33. The summed E-state index contributed by atoms with van der Waals surface area (Å²) in [6.07, 6.45) is 0. The standard InChI is InChI=1S/C16H24N2O/c1-11(2)13(10-19)8-17-9-15-12(3)18-16-7-5-4-6-14(15)16/h4-7,11,13,17-19H,8-10H2,1-3H3. The molecule has 0 spiro atoms. The SMILES string of the molecule is Cc1[nH]c2ccccc2c1CNCC(CO)C(C)C. The minimum absolute atomic E-state index is 0.248. The van der Waals surface area contributed by atoms with Crippen LogP contribution in [0.15, 0.2) is 24.3 Å². The molecule has 0 bridgehead atoms. The summed E-state index contributed by atoms with van der Waals surface area (Å²) in [5, 5.41) is 14.1. The third kappa shape index (κ3) is 3.17. The molecule has 0 saturated heterocycles. The van der Waals surface area contributed by atoms with Gasteiger partial charge in [0, 0.05) is 36.3 Å².